The predicted octanol–water partition coefficient (Wildman–Crippen LogP) is 8.96. The normalized spacial score (nSPS) is 24.4. The van der Waals surface area contributed by atoms with Gasteiger partial charge >= 0.3 is 0 Å². The molecular formula is C33H35ClF3N3OS. The van der Waals surface area contributed by atoms with Crippen molar-refractivity contribution in [2.45, 2.75) is 64.0 Å². The van der Waals surface area contributed by atoms with Crippen LogP contribution in [0, 0.1) is 18.7 Å². The number of rotatable bonds is 4. The molecular weight excluding hydrogens is 579 g/mol. The van der Waals surface area contributed by atoms with Crippen molar-refractivity contribution in [1.82, 2.24) is 14.7 Å². The number of fused-ring (bicyclic) bond motifs is 2. The predicted molar refractivity (Wildman–Crippen MR) is 163 cm³/mol. The van der Waals surface area contributed by atoms with E-state index >= 15 is 4.39 Å². The number of hydrogen-bond acceptors (Lipinski definition) is 4. The summed E-state index contributed by atoms with van der Waals surface area (Å²) in [5, 5.41) is 4.77. The summed E-state index contributed by atoms with van der Waals surface area (Å²) >= 11 is 7.37. The van der Waals surface area contributed by atoms with Crippen LogP contribution in [0.1, 0.15) is 66.3 Å². The lowest BCUT2D eigenvalue weighted by Gasteiger charge is -2.45. The molecule has 1 fully saturated rings. The quantitative estimate of drug-likeness (QED) is 0.294. The van der Waals surface area contributed by atoms with Gasteiger partial charge in [-0.15, -0.1) is 11.3 Å². The zero-order chi connectivity index (χ0) is 29.6. The number of hydrogen-bond donors (Lipinski definition) is 0. The van der Waals surface area contributed by atoms with E-state index in [0.717, 1.165) is 40.8 Å². The highest BCUT2D eigenvalue weighted by Gasteiger charge is 2.51. The monoisotopic (exact) mass is 613 g/mol. The number of likely N-dealkylation sites (tertiary alicyclic amines) is 1. The van der Waals surface area contributed by atoms with Crippen LogP contribution in [-0.4, -0.2) is 34.4 Å². The van der Waals surface area contributed by atoms with Crippen LogP contribution in [0.25, 0.3) is 11.3 Å². The Labute approximate surface area is 254 Å². The van der Waals surface area contributed by atoms with Gasteiger partial charge in [-0.2, -0.15) is 13.9 Å². The van der Waals surface area contributed by atoms with E-state index in [1.54, 1.807) is 10.7 Å². The smallest absolute Gasteiger partial charge is 0.297 e. The first-order chi connectivity index (χ1) is 20.1. The van der Waals surface area contributed by atoms with Crippen LogP contribution in [0.15, 0.2) is 60.8 Å². The van der Waals surface area contributed by atoms with E-state index in [1.165, 1.54) is 23.5 Å². The molecule has 2 aromatic heterocycles. The van der Waals surface area contributed by atoms with E-state index in [9.17, 15) is 8.78 Å². The average molecular weight is 614 g/mol. The average Bonchev–Trinajstić information content (AvgIpc) is 3.55. The molecule has 0 amide bonds. The maximum Gasteiger partial charge on any atom is 0.297 e. The highest BCUT2D eigenvalue weighted by Crippen LogP contribution is 2.52. The van der Waals surface area contributed by atoms with Crippen LogP contribution in [0.4, 0.5) is 13.2 Å². The minimum atomic E-state index is -3.02. The van der Waals surface area contributed by atoms with E-state index in [0.29, 0.717) is 53.8 Å². The van der Waals surface area contributed by atoms with Gasteiger partial charge in [-0.05, 0) is 62.7 Å². The highest BCUT2D eigenvalue weighted by molar-refractivity contribution is 7.16. The molecule has 6 rings (SSSR count). The van der Waals surface area contributed by atoms with Gasteiger partial charge in [0.2, 0.25) is 0 Å². The first-order valence-electron chi connectivity index (χ1n) is 14.5. The topological polar surface area (TPSA) is 30.3 Å². The molecule has 3 aliphatic rings. The summed E-state index contributed by atoms with van der Waals surface area (Å²) < 4.78 is 52.5. The van der Waals surface area contributed by atoms with Crippen LogP contribution in [0.5, 0.6) is 0 Å². The first-order valence-corrected chi connectivity index (χ1v) is 15.7. The molecule has 1 atom stereocenters. The summed E-state index contributed by atoms with van der Waals surface area (Å²) in [6.07, 6.45) is 12.2. The minimum absolute atomic E-state index is 0.0138. The van der Waals surface area contributed by atoms with Crippen LogP contribution in [0.2, 0.25) is 4.34 Å². The third-order valence-corrected chi connectivity index (χ3v) is 10.3. The van der Waals surface area contributed by atoms with Crippen molar-refractivity contribution < 1.29 is 17.9 Å². The SMILES string of the molecule is C=C1/C=C/CCC(C)/C(c2cccc(F)c2-n2cc(CN3CCC4(CC3)OCC(F)(F)c3cc(Cl)sc34)c(C)n2)=C/C1. The number of allylic oxidation sites excluding steroid dienone is 5. The Morgan fingerprint density at radius 3 is 2.81 bits per heavy atom. The number of aryl methyl sites for hydroxylation is 1. The molecule has 3 aromatic rings. The summed E-state index contributed by atoms with van der Waals surface area (Å²) in [4.78, 5) is 2.85. The fourth-order valence-corrected chi connectivity index (χ4v) is 7.89. The van der Waals surface area contributed by atoms with Crippen molar-refractivity contribution in [3.8, 4) is 5.69 Å². The first kappa shape index (κ1) is 29.4. The molecule has 1 aliphatic carbocycles. The van der Waals surface area contributed by atoms with Gasteiger partial charge < -0.3 is 4.74 Å². The van der Waals surface area contributed by atoms with Crippen LogP contribution >= 0.6 is 22.9 Å². The molecule has 1 saturated heterocycles. The van der Waals surface area contributed by atoms with Gasteiger partial charge in [-0.3, -0.25) is 4.90 Å². The molecule has 9 heteroatoms. The summed E-state index contributed by atoms with van der Waals surface area (Å²) in [5.41, 5.74) is 4.57. The number of halogens is 4. The van der Waals surface area contributed by atoms with Gasteiger partial charge in [0.05, 0.1) is 10.0 Å². The number of para-hydroxylation sites is 1. The minimum Gasteiger partial charge on any atom is -0.363 e. The molecule has 4 heterocycles. The molecule has 1 spiro atoms. The summed E-state index contributed by atoms with van der Waals surface area (Å²) in [6.45, 7) is 9.65. The van der Waals surface area contributed by atoms with Crippen molar-refractivity contribution in [2.24, 2.45) is 5.92 Å². The molecule has 1 unspecified atom stereocenters. The maximum atomic E-state index is 15.5. The fraction of sp³-hybridized carbons (Fsp3) is 0.424. The Bertz CT molecular complexity index is 1560. The molecule has 222 valence electrons. The second-order valence-electron chi connectivity index (χ2n) is 11.8. The Balaban J connectivity index is 1.23. The number of ether oxygens (including phenoxy) is 1. The van der Waals surface area contributed by atoms with Crippen molar-refractivity contribution in [3.05, 3.63) is 98.3 Å². The van der Waals surface area contributed by atoms with Crippen LogP contribution in [-0.2, 0) is 22.8 Å². The Morgan fingerprint density at radius 1 is 1.24 bits per heavy atom. The molecule has 0 radical (unpaired) electrons. The van der Waals surface area contributed by atoms with Gasteiger partial charge in [0.15, 0.2) is 0 Å². The zero-order valence-corrected chi connectivity index (χ0v) is 25.5. The van der Waals surface area contributed by atoms with E-state index in [2.05, 4.69) is 36.6 Å². The largest absolute Gasteiger partial charge is 0.363 e. The van der Waals surface area contributed by atoms with Crippen molar-refractivity contribution in [1.29, 1.82) is 0 Å². The van der Waals surface area contributed by atoms with Gasteiger partial charge in [0.25, 0.3) is 5.92 Å². The molecule has 42 heavy (non-hydrogen) atoms. The van der Waals surface area contributed by atoms with E-state index in [4.69, 9.17) is 21.4 Å². The lowest BCUT2D eigenvalue weighted by molar-refractivity contribution is -0.182. The second kappa shape index (κ2) is 11.5. The number of aromatic nitrogens is 2. The van der Waals surface area contributed by atoms with Crippen molar-refractivity contribution in [2.75, 3.05) is 19.7 Å². The summed E-state index contributed by atoms with van der Waals surface area (Å²) in [7, 11) is 0. The van der Waals surface area contributed by atoms with Gasteiger partial charge in [0, 0.05) is 47.4 Å². The third-order valence-electron chi connectivity index (χ3n) is 8.86. The highest BCUT2D eigenvalue weighted by atomic mass is 35.5. The van der Waals surface area contributed by atoms with Crippen molar-refractivity contribution >= 4 is 28.5 Å². The maximum absolute atomic E-state index is 15.5. The van der Waals surface area contributed by atoms with Gasteiger partial charge in [-0.25, -0.2) is 9.07 Å². The molecule has 1 aromatic carbocycles. The zero-order valence-electron chi connectivity index (χ0n) is 23.9. The molecule has 0 saturated carbocycles. The molecule has 0 N–H and O–H groups in total. The van der Waals surface area contributed by atoms with Gasteiger partial charge in [0.1, 0.15) is 23.7 Å². The Kier molecular flexibility index (Phi) is 8.02. The number of benzene rings is 1. The van der Waals surface area contributed by atoms with Crippen LogP contribution < -0.4 is 0 Å². The van der Waals surface area contributed by atoms with E-state index in [-0.39, 0.29) is 17.3 Å². The number of piperidine rings is 1. The van der Waals surface area contributed by atoms with E-state index < -0.39 is 18.1 Å². The number of nitrogens with zero attached hydrogens (tertiary/aromatic N) is 3. The second-order valence-corrected chi connectivity index (χ2v) is 13.5. The van der Waals surface area contributed by atoms with E-state index in [1.807, 2.05) is 19.2 Å². The Morgan fingerprint density at radius 2 is 2.02 bits per heavy atom. The molecule has 2 aliphatic heterocycles. The Hall–Kier alpha value is -2.65. The summed E-state index contributed by atoms with van der Waals surface area (Å²) in [6, 6.07) is 6.63. The molecule has 4 nitrogen and oxygen atoms in total. The standard InChI is InChI=1S/C33H35ClF3N3OS/c1-21-7-4-5-8-22(2)25(12-11-21)26-9-6-10-28(35)30(26)40-19-24(23(3)38-40)18-39-15-13-32(14-16-39)31-27(17-29(34)42-31)33(36,37)20-41-32/h4,6-7,9-10,12,17,19,22H,1,5,8,11,13-16,18,20H2,2-3H3/b7-4+,25-12-. The summed E-state index contributed by atoms with van der Waals surface area (Å²) in [5.74, 6) is -3.09. The third kappa shape index (κ3) is 5.54. The number of thiophene rings is 1. The van der Waals surface area contributed by atoms with Crippen LogP contribution in [0.3, 0.4) is 0 Å². The lowest BCUT2D eigenvalue weighted by atomic mass is 9.84. The van der Waals surface area contributed by atoms with Crippen molar-refractivity contribution in [3.63, 3.8) is 0 Å². The van der Waals surface area contributed by atoms with Gasteiger partial charge in [-0.1, -0.05) is 61.0 Å². The number of alkyl halides is 2. The lowest BCUT2D eigenvalue weighted by Crippen LogP contribution is -2.48. The molecule has 0 bridgehead atoms. The fourth-order valence-electron chi connectivity index (χ4n) is 6.41.